The molecule has 0 aliphatic carbocycles. The van der Waals surface area contributed by atoms with Crippen molar-refractivity contribution in [1.29, 1.82) is 0 Å². The van der Waals surface area contributed by atoms with Crippen molar-refractivity contribution in [3.63, 3.8) is 0 Å². The van der Waals surface area contributed by atoms with Gasteiger partial charge in [0.05, 0.1) is 36.9 Å². The first-order valence-electron chi connectivity index (χ1n) is 7.70. The first kappa shape index (κ1) is 19.4. The number of benzene rings is 2. The molecule has 0 saturated carbocycles. The van der Waals surface area contributed by atoms with E-state index in [1.165, 1.54) is 0 Å². The summed E-state index contributed by atoms with van der Waals surface area (Å²) >= 11 is 11.8. The molecule has 2 aromatic rings. The van der Waals surface area contributed by atoms with Crippen LogP contribution in [-0.2, 0) is 11.3 Å². The summed E-state index contributed by atoms with van der Waals surface area (Å²) in [6, 6.07) is 10.7. The van der Waals surface area contributed by atoms with E-state index in [4.69, 9.17) is 32.7 Å². The molecule has 2 rings (SSSR count). The van der Waals surface area contributed by atoms with Crippen molar-refractivity contribution in [2.45, 2.75) is 6.54 Å². The Labute approximate surface area is 157 Å². The maximum atomic E-state index is 12.2. The Bertz CT molecular complexity index is 753. The standard InChI is InChI=1S/C18H20Cl2N2O3/c1-22(10-12-5-4-6-16(24-2)18(12)25-3)11-17(23)21-13-7-8-14(19)15(20)9-13/h4-9H,10-11H2,1-3H3,(H,21,23)/p+1. The monoisotopic (exact) mass is 383 g/mol. The van der Waals surface area contributed by atoms with Gasteiger partial charge >= 0.3 is 0 Å². The molecule has 0 spiro atoms. The molecule has 0 aliphatic heterocycles. The van der Waals surface area contributed by atoms with Gasteiger partial charge in [-0.15, -0.1) is 0 Å². The van der Waals surface area contributed by atoms with E-state index in [0.29, 0.717) is 40.3 Å². The summed E-state index contributed by atoms with van der Waals surface area (Å²) in [5, 5.41) is 3.67. The van der Waals surface area contributed by atoms with Crippen molar-refractivity contribution in [2.24, 2.45) is 0 Å². The Balaban J connectivity index is 1.99. The van der Waals surface area contributed by atoms with E-state index in [1.807, 2.05) is 25.2 Å². The first-order chi connectivity index (χ1) is 11.9. The lowest BCUT2D eigenvalue weighted by Gasteiger charge is -2.17. The number of halogens is 2. The third-order valence-electron chi connectivity index (χ3n) is 3.64. The second-order valence-corrected chi connectivity index (χ2v) is 6.45. The van der Waals surface area contributed by atoms with Crippen molar-refractivity contribution < 1.29 is 19.2 Å². The van der Waals surface area contributed by atoms with Gasteiger partial charge in [-0.25, -0.2) is 0 Å². The van der Waals surface area contributed by atoms with E-state index in [0.717, 1.165) is 10.5 Å². The van der Waals surface area contributed by atoms with Crippen molar-refractivity contribution in [2.75, 3.05) is 33.1 Å². The van der Waals surface area contributed by atoms with E-state index in [9.17, 15) is 4.79 Å². The van der Waals surface area contributed by atoms with Gasteiger partial charge in [0.2, 0.25) is 0 Å². The second kappa shape index (κ2) is 8.94. The van der Waals surface area contributed by atoms with Gasteiger partial charge in [-0.05, 0) is 30.3 Å². The van der Waals surface area contributed by atoms with E-state index in [1.54, 1.807) is 32.4 Å². The third kappa shape index (κ3) is 5.26. The number of anilines is 1. The largest absolute Gasteiger partial charge is 0.493 e. The zero-order valence-electron chi connectivity index (χ0n) is 14.4. The summed E-state index contributed by atoms with van der Waals surface area (Å²) in [5.41, 5.74) is 1.59. The van der Waals surface area contributed by atoms with Gasteiger partial charge in [-0.1, -0.05) is 29.3 Å². The summed E-state index contributed by atoms with van der Waals surface area (Å²) in [5.74, 6) is 1.25. The Morgan fingerprint density at radius 3 is 2.52 bits per heavy atom. The molecule has 0 heterocycles. The molecule has 0 fully saturated rings. The van der Waals surface area contributed by atoms with Crippen LogP contribution >= 0.6 is 23.2 Å². The number of carbonyl (C=O) groups is 1. The lowest BCUT2D eigenvalue weighted by atomic mass is 10.1. The number of carbonyl (C=O) groups excluding carboxylic acids is 1. The highest BCUT2D eigenvalue weighted by Crippen LogP contribution is 2.30. The number of nitrogens with one attached hydrogen (secondary N) is 2. The zero-order valence-corrected chi connectivity index (χ0v) is 15.9. The molecule has 7 heteroatoms. The molecule has 5 nitrogen and oxygen atoms in total. The molecular weight excluding hydrogens is 363 g/mol. The van der Waals surface area contributed by atoms with Gasteiger partial charge in [0.15, 0.2) is 18.0 Å². The Kier molecular flexibility index (Phi) is 6.93. The Morgan fingerprint density at radius 1 is 1.12 bits per heavy atom. The van der Waals surface area contributed by atoms with Crippen molar-refractivity contribution >= 4 is 34.8 Å². The fourth-order valence-electron chi connectivity index (χ4n) is 2.53. The fourth-order valence-corrected chi connectivity index (χ4v) is 2.83. The van der Waals surface area contributed by atoms with Gasteiger partial charge in [0.1, 0.15) is 6.54 Å². The highest BCUT2D eigenvalue weighted by Gasteiger charge is 2.16. The number of hydrogen-bond acceptors (Lipinski definition) is 3. The molecule has 1 unspecified atom stereocenters. The number of hydrogen-bond donors (Lipinski definition) is 2. The summed E-state index contributed by atoms with van der Waals surface area (Å²) in [6.45, 7) is 0.912. The van der Waals surface area contributed by atoms with Crippen LogP contribution in [-0.4, -0.2) is 33.7 Å². The van der Waals surface area contributed by atoms with Crippen LogP contribution in [0, 0.1) is 0 Å². The van der Waals surface area contributed by atoms with Crippen molar-refractivity contribution in [3.05, 3.63) is 52.0 Å². The fraction of sp³-hybridized carbons (Fsp3) is 0.278. The Morgan fingerprint density at radius 2 is 1.88 bits per heavy atom. The number of likely N-dealkylation sites (N-methyl/N-ethyl adjacent to an activating group) is 1. The molecular formula is C18H21Cl2N2O3+. The van der Waals surface area contributed by atoms with E-state index >= 15 is 0 Å². The van der Waals surface area contributed by atoms with Gasteiger partial charge in [0, 0.05) is 5.69 Å². The van der Waals surface area contributed by atoms with Crippen LogP contribution in [0.1, 0.15) is 5.56 Å². The maximum Gasteiger partial charge on any atom is 0.279 e. The topological polar surface area (TPSA) is 52.0 Å². The van der Waals surface area contributed by atoms with Crippen LogP contribution < -0.4 is 19.7 Å². The molecule has 0 saturated heterocycles. The van der Waals surface area contributed by atoms with E-state index < -0.39 is 0 Å². The number of rotatable bonds is 7. The normalized spacial score (nSPS) is 11.7. The summed E-state index contributed by atoms with van der Waals surface area (Å²) < 4.78 is 10.7. The minimum absolute atomic E-state index is 0.113. The van der Waals surface area contributed by atoms with Gasteiger partial charge in [0.25, 0.3) is 5.91 Å². The molecule has 134 valence electrons. The minimum Gasteiger partial charge on any atom is -0.493 e. The molecule has 0 aliphatic rings. The second-order valence-electron chi connectivity index (χ2n) is 5.64. The highest BCUT2D eigenvalue weighted by molar-refractivity contribution is 6.42. The molecule has 0 aromatic heterocycles. The van der Waals surface area contributed by atoms with Crippen LogP contribution in [0.15, 0.2) is 36.4 Å². The summed E-state index contributed by atoms with van der Waals surface area (Å²) in [6.07, 6.45) is 0. The predicted octanol–water partition coefficient (Wildman–Crippen LogP) is 2.66. The van der Waals surface area contributed by atoms with Crippen molar-refractivity contribution in [1.82, 2.24) is 0 Å². The first-order valence-corrected chi connectivity index (χ1v) is 8.46. The molecule has 2 N–H and O–H groups in total. The predicted molar refractivity (Wildman–Crippen MR) is 100 cm³/mol. The number of quaternary nitrogens is 1. The Hall–Kier alpha value is -1.95. The number of methoxy groups -OCH3 is 2. The summed E-state index contributed by atoms with van der Waals surface area (Å²) in [4.78, 5) is 13.2. The van der Waals surface area contributed by atoms with E-state index in [-0.39, 0.29) is 5.91 Å². The minimum atomic E-state index is -0.113. The SMILES string of the molecule is COc1cccc(C[NH+](C)CC(=O)Nc2ccc(Cl)c(Cl)c2)c1OC. The molecule has 1 amide bonds. The quantitative estimate of drug-likeness (QED) is 0.772. The average Bonchev–Trinajstić information content (AvgIpc) is 2.57. The van der Waals surface area contributed by atoms with Crippen LogP contribution in [0.5, 0.6) is 11.5 Å². The highest BCUT2D eigenvalue weighted by atomic mass is 35.5. The zero-order chi connectivity index (χ0) is 18.4. The lowest BCUT2D eigenvalue weighted by molar-refractivity contribution is -0.885. The molecule has 1 atom stereocenters. The lowest BCUT2D eigenvalue weighted by Crippen LogP contribution is -3.08. The molecule has 2 aromatic carbocycles. The smallest absolute Gasteiger partial charge is 0.279 e. The average molecular weight is 384 g/mol. The number of ether oxygens (including phenoxy) is 2. The molecule has 0 radical (unpaired) electrons. The van der Waals surface area contributed by atoms with Crippen LogP contribution in [0.25, 0.3) is 0 Å². The maximum absolute atomic E-state index is 12.2. The van der Waals surface area contributed by atoms with Gasteiger partial charge < -0.3 is 19.7 Å². The van der Waals surface area contributed by atoms with Crippen LogP contribution in [0.2, 0.25) is 10.0 Å². The van der Waals surface area contributed by atoms with E-state index in [2.05, 4.69) is 5.32 Å². The number of amides is 1. The number of para-hydroxylation sites is 1. The van der Waals surface area contributed by atoms with Gasteiger partial charge in [-0.3, -0.25) is 4.79 Å². The van der Waals surface area contributed by atoms with Gasteiger partial charge in [-0.2, -0.15) is 0 Å². The molecule has 25 heavy (non-hydrogen) atoms. The third-order valence-corrected chi connectivity index (χ3v) is 4.38. The summed E-state index contributed by atoms with van der Waals surface area (Å²) in [7, 11) is 5.14. The van der Waals surface area contributed by atoms with Crippen LogP contribution in [0.4, 0.5) is 5.69 Å². The van der Waals surface area contributed by atoms with Crippen LogP contribution in [0.3, 0.4) is 0 Å². The van der Waals surface area contributed by atoms with Crippen molar-refractivity contribution in [3.8, 4) is 11.5 Å². The molecule has 0 bridgehead atoms.